The van der Waals surface area contributed by atoms with Crippen LogP contribution >= 0.6 is 23.2 Å². The average Bonchev–Trinajstić information content (AvgIpc) is 2.41. The van der Waals surface area contributed by atoms with Crippen LogP contribution in [0.1, 0.15) is 27.7 Å². The third-order valence-corrected chi connectivity index (χ3v) is 3.21. The Morgan fingerprint density at radius 3 is 1.87 bits per heavy atom. The van der Waals surface area contributed by atoms with Crippen molar-refractivity contribution in [1.82, 2.24) is 15.0 Å². The second-order valence-electron chi connectivity index (χ2n) is 5.65. The first-order valence-electron chi connectivity index (χ1n) is 7.34. The van der Waals surface area contributed by atoms with E-state index in [4.69, 9.17) is 23.2 Å². The summed E-state index contributed by atoms with van der Waals surface area (Å²) >= 11 is 12.2. The topological polar surface area (TPSA) is 74.8 Å². The highest BCUT2D eigenvalue weighted by molar-refractivity contribution is 6.35. The first kappa shape index (κ1) is 17.6. The molecular formula is C15H20Cl2N6. The van der Waals surface area contributed by atoms with Crippen LogP contribution < -0.4 is 16.0 Å². The van der Waals surface area contributed by atoms with E-state index in [9.17, 15) is 0 Å². The van der Waals surface area contributed by atoms with Gasteiger partial charge in [0.2, 0.25) is 17.8 Å². The second-order valence-corrected chi connectivity index (χ2v) is 6.50. The second kappa shape index (κ2) is 7.66. The number of halogens is 2. The normalized spacial score (nSPS) is 11.0. The maximum Gasteiger partial charge on any atom is 0.233 e. The van der Waals surface area contributed by atoms with E-state index >= 15 is 0 Å². The maximum absolute atomic E-state index is 6.17. The van der Waals surface area contributed by atoms with Gasteiger partial charge in [-0.2, -0.15) is 15.0 Å². The SMILES string of the molecule is CC(C)Nc1nc(Nc2cc(Cl)ccc2Cl)nc(NC(C)C)n1. The molecule has 23 heavy (non-hydrogen) atoms. The van der Waals surface area contributed by atoms with Gasteiger partial charge in [-0.15, -0.1) is 0 Å². The van der Waals surface area contributed by atoms with E-state index < -0.39 is 0 Å². The van der Waals surface area contributed by atoms with E-state index in [0.717, 1.165) is 0 Å². The number of aromatic nitrogens is 3. The summed E-state index contributed by atoms with van der Waals surface area (Å²) in [6.45, 7) is 8.06. The fraction of sp³-hybridized carbons (Fsp3) is 0.400. The van der Waals surface area contributed by atoms with Crippen molar-refractivity contribution in [3.8, 4) is 0 Å². The zero-order valence-electron chi connectivity index (χ0n) is 13.5. The molecule has 0 aliphatic carbocycles. The van der Waals surface area contributed by atoms with Crippen LogP contribution in [0.2, 0.25) is 10.0 Å². The van der Waals surface area contributed by atoms with E-state index in [1.165, 1.54) is 0 Å². The smallest absolute Gasteiger partial charge is 0.233 e. The lowest BCUT2D eigenvalue weighted by molar-refractivity contribution is 0.847. The number of anilines is 4. The Balaban J connectivity index is 2.33. The summed E-state index contributed by atoms with van der Waals surface area (Å²) in [5, 5.41) is 10.5. The molecule has 0 aliphatic rings. The van der Waals surface area contributed by atoms with Crippen molar-refractivity contribution in [2.75, 3.05) is 16.0 Å². The molecule has 0 bridgehead atoms. The molecule has 124 valence electrons. The van der Waals surface area contributed by atoms with Crippen LogP contribution in [0.25, 0.3) is 0 Å². The number of nitrogens with one attached hydrogen (secondary N) is 3. The Kier molecular flexibility index (Phi) is 5.85. The molecule has 0 saturated heterocycles. The minimum atomic E-state index is 0.201. The van der Waals surface area contributed by atoms with E-state index in [1.807, 2.05) is 27.7 Å². The zero-order chi connectivity index (χ0) is 17.0. The lowest BCUT2D eigenvalue weighted by Crippen LogP contribution is -2.18. The molecule has 0 amide bonds. The Labute approximate surface area is 146 Å². The molecule has 6 nitrogen and oxygen atoms in total. The van der Waals surface area contributed by atoms with Gasteiger partial charge < -0.3 is 16.0 Å². The summed E-state index contributed by atoms with van der Waals surface area (Å²) < 4.78 is 0. The number of benzene rings is 1. The molecule has 0 spiro atoms. The minimum Gasteiger partial charge on any atom is -0.352 e. The van der Waals surface area contributed by atoms with Gasteiger partial charge in [-0.3, -0.25) is 0 Å². The highest BCUT2D eigenvalue weighted by Gasteiger charge is 2.10. The lowest BCUT2D eigenvalue weighted by Gasteiger charge is -2.14. The van der Waals surface area contributed by atoms with Crippen molar-refractivity contribution in [2.24, 2.45) is 0 Å². The summed E-state index contributed by atoms with van der Waals surface area (Å²) in [5.74, 6) is 1.35. The van der Waals surface area contributed by atoms with E-state index in [2.05, 4.69) is 30.9 Å². The standard InChI is InChI=1S/C15H20Cl2N6/c1-8(2)18-13-21-14(19-9(3)4)23-15(22-13)20-12-7-10(16)5-6-11(12)17/h5-9H,1-4H3,(H3,18,19,20,21,22,23). The molecule has 8 heteroatoms. The molecule has 1 aromatic heterocycles. The molecule has 0 radical (unpaired) electrons. The minimum absolute atomic E-state index is 0.201. The van der Waals surface area contributed by atoms with Crippen molar-refractivity contribution in [2.45, 2.75) is 39.8 Å². The quantitative estimate of drug-likeness (QED) is 0.705. The van der Waals surface area contributed by atoms with Crippen LogP contribution in [0.15, 0.2) is 18.2 Å². The van der Waals surface area contributed by atoms with Gasteiger partial charge in [0.25, 0.3) is 0 Å². The maximum atomic E-state index is 6.17. The van der Waals surface area contributed by atoms with Crippen molar-refractivity contribution in [3.63, 3.8) is 0 Å². The van der Waals surface area contributed by atoms with Gasteiger partial charge in [0.05, 0.1) is 10.7 Å². The van der Waals surface area contributed by atoms with Crippen LogP contribution in [0.5, 0.6) is 0 Å². The van der Waals surface area contributed by atoms with Crippen LogP contribution in [-0.4, -0.2) is 27.0 Å². The van der Waals surface area contributed by atoms with Crippen molar-refractivity contribution < 1.29 is 0 Å². The van der Waals surface area contributed by atoms with Crippen LogP contribution in [0.3, 0.4) is 0 Å². The van der Waals surface area contributed by atoms with E-state index in [0.29, 0.717) is 33.6 Å². The fourth-order valence-corrected chi connectivity index (χ4v) is 2.13. The van der Waals surface area contributed by atoms with E-state index in [-0.39, 0.29) is 12.1 Å². The number of rotatable bonds is 6. The fourth-order valence-electron chi connectivity index (χ4n) is 1.79. The highest BCUT2D eigenvalue weighted by Crippen LogP contribution is 2.27. The van der Waals surface area contributed by atoms with Crippen LogP contribution in [0.4, 0.5) is 23.5 Å². The highest BCUT2D eigenvalue weighted by atomic mass is 35.5. The zero-order valence-corrected chi connectivity index (χ0v) is 15.0. The first-order chi connectivity index (χ1) is 10.8. The summed E-state index contributed by atoms with van der Waals surface area (Å²) in [4.78, 5) is 13.1. The number of hydrogen-bond donors (Lipinski definition) is 3. The molecule has 0 unspecified atom stereocenters. The van der Waals surface area contributed by atoms with Crippen molar-refractivity contribution in [1.29, 1.82) is 0 Å². The first-order valence-corrected chi connectivity index (χ1v) is 8.10. The van der Waals surface area contributed by atoms with Gasteiger partial charge in [-0.1, -0.05) is 23.2 Å². The predicted octanol–water partition coefficient (Wildman–Crippen LogP) is 4.56. The van der Waals surface area contributed by atoms with Gasteiger partial charge in [-0.25, -0.2) is 0 Å². The Morgan fingerprint density at radius 1 is 0.826 bits per heavy atom. The lowest BCUT2D eigenvalue weighted by atomic mass is 10.3. The average molecular weight is 355 g/mol. The van der Waals surface area contributed by atoms with Crippen molar-refractivity contribution in [3.05, 3.63) is 28.2 Å². The molecule has 0 atom stereocenters. The number of hydrogen-bond acceptors (Lipinski definition) is 6. The van der Waals surface area contributed by atoms with Crippen LogP contribution in [-0.2, 0) is 0 Å². The molecule has 0 saturated carbocycles. The molecule has 2 aromatic rings. The third kappa shape index (κ3) is 5.41. The monoisotopic (exact) mass is 354 g/mol. The Morgan fingerprint density at radius 2 is 1.35 bits per heavy atom. The Bertz CT molecular complexity index is 647. The van der Waals surface area contributed by atoms with Crippen LogP contribution in [0, 0.1) is 0 Å². The van der Waals surface area contributed by atoms with Gasteiger partial charge in [0.1, 0.15) is 0 Å². The number of nitrogens with zero attached hydrogens (tertiary/aromatic N) is 3. The molecule has 1 heterocycles. The molecule has 0 aliphatic heterocycles. The largest absolute Gasteiger partial charge is 0.352 e. The van der Waals surface area contributed by atoms with Crippen molar-refractivity contribution >= 4 is 46.7 Å². The summed E-state index contributed by atoms with van der Waals surface area (Å²) in [6.07, 6.45) is 0. The Hall–Kier alpha value is -1.79. The van der Waals surface area contributed by atoms with Gasteiger partial charge in [-0.05, 0) is 45.9 Å². The summed E-state index contributed by atoms with van der Waals surface area (Å²) in [5.41, 5.74) is 0.636. The molecule has 3 N–H and O–H groups in total. The molecule has 2 rings (SSSR count). The molecule has 0 fully saturated rings. The van der Waals surface area contributed by atoms with Gasteiger partial charge >= 0.3 is 0 Å². The van der Waals surface area contributed by atoms with Gasteiger partial charge in [0, 0.05) is 17.1 Å². The third-order valence-electron chi connectivity index (χ3n) is 2.65. The predicted molar refractivity (Wildman–Crippen MR) is 97.1 cm³/mol. The molecule has 1 aromatic carbocycles. The molecular weight excluding hydrogens is 335 g/mol. The van der Waals surface area contributed by atoms with Gasteiger partial charge in [0.15, 0.2) is 0 Å². The van der Waals surface area contributed by atoms with E-state index in [1.54, 1.807) is 18.2 Å². The summed E-state index contributed by atoms with van der Waals surface area (Å²) in [6, 6.07) is 5.56. The summed E-state index contributed by atoms with van der Waals surface area (Å²) in [7, 11) is 0.